The van der Waals surface area contributed by atoms with E-state index in [-0.39, 0.29) is 15.8 Å². The summed E-state index contributed by atoms with van der Waals surface area (Å²) in [6, 6.07) is 10.4. The molecule has 2 saturated carbocycles. The Labute approximate surface area is 164 Å². The van der Waals surface area contributed by atoms with Gasteiger partial charge < -0.3 is 4.98 Å². The van der Waals surface area contributed by atoms with Crippen molar-refractivity contribution in [1.29, 1.82) is 0 Å². The Morgan fingerprint density at radius 2 is 1.67 bits per heavy atom. The molecule has 0 aliphatic heterocycles. The van der Waals surface area contributed by atoms with Gasteiger partial charge in [-0.15, -0.1) is 0 Å². The van der Waals surface area contributed by atoms with Gasteiger partial charge in [0.25, 0.3) is 5.56 Å². The predicted octanol–water partition coefficient (Wildman–Crippen LogP) is 4.59. The van der Waals surface area contributed by atoms with E-state index in [4.69, 9.17) is 11.6 Å². The van der Waals surface area contributed by atoms with Crippen LogP contribution in [0.4, 0.5) is 0 Å². The number of nitrogens with one attached hydrogen (secondary N) is 1. The number of aromatic amines is 1. The molecule has 27 heavy (non-hydrogen) atoms. The van der Waals surface area contributed by atoms with Crippen molar-refractivity contribution in [3.63, 3.8) is 0 Å². The zero-order valence-electron chi connectivity index (χ0n) is 14.9. The van der Waals surface area contributed by atoms with Gasteiger partial charge in [-0.3, -0.25) is 4.79 Å². The number of rotatable bonds is 5. The molecule has 0 saturated heterocycles. The second kappa shape index (κ2) is 7.28. The first-order chi connectivity index (χ1) is 12.9. The maximum absolute atomic E-state index is 12.4. The minimum Gasteiger partial charge on any atom is -0.321 e. The standard InChI is InChI=1S/C21H22ClNO3S/c22-19-11-12-20(23-21(19)24)18(13-14-3-1-2-4-14)15-5-7-16(8-6-15)27(25,26)17-9-10-17/h5-8,11-14,17H,1-4,9-10H2,(H,23,24)/b18-13-. The first-order valence-electron chi connectivity index (χ1n) is 9.40. The Kier molecular flexibility index (Phi) is 4.99. The van der Waals surface area contributed by atoms with E-state index in [1.165, 1.54) is 12.8 Å². The third-order valence-electron chi connectivity index (χ3n) is 5.41. The normalized spacial score (nSPS) is 18.8. The van der Waals surface area contributed by atoms with Gasteiger partial charge in [-0.05, 0) is 61.4 Å². The van der Waals surface area contributed by atoms with Crippen molar-refractivity contribution in [2.24, 2.45) is 5.92 Å². The summed E-state index contributed by atoms with van der Waals surface area (Å²) in [5, 5.41) is -0.0608. The molecule has 2 aliphatic carbocycles. The second-order valence-corrected chi connectivity index (χ2v) is 10.1. The molecule has 1 heterocycles. The summed E-state index contributed by atoms with van der Waals surface area (Å²) in [6.07, 6.45) is 8.40. The van der Waals surface area contributed by atoms with Crippen LogP contribution >= 0.6 is 11.6 Å². The molecule has 6 heteroatoms. The maximum atomic E-state index is 12.4. The lowest BCUT2D eigenvalue weighted by Crippen LogP contribution is -2.10. The Morgan fingerprint density at radius 1 is 1.00 bits per heavy atom. The molecule has 2 aromatic rings. The molecule has 2 fully saturated rings. The Morgan fingerprint density at radius 3 is 2.26 bits per heavy atom. The fraction of sp³-hybridized carbons (Fsp3) is 0.381. The van der Waals surface area contributed by atoms with E-state index in [0.717, 1.165) is 36.8 Å². The van der Waals surface area contributed by atoms with Gasteiger partial charge in [-0.25, -0.2) is 8.42 Å². The van der Waals surface area contributed by atoms with Crippen LogP contribution in [0.5, 0.6) is 0 Å². The van der Waals surface area contributed by atoms with Crippen molar-refractivity contribution in [2.45, 2.75) is 48.7 Å². The Bertz CT molecular complexity index is 1030. The minimum absolute atomic E-state index is 0.157. The number of hydrogen-bond donors (Lipinski definition) is 1. The SMILES string of the molecule is O=c1[nH]c(/C(=C\C2CCCC2)c2ccc(S(=O)(=O)C3CC3)cc2)ccc1Cl. The number of sulfone groups is 1. The van der Waals surface area contributed by atoms with E-state index < -0.39 is 9.84 Å². The maximum Gasteiger partial charge on any atom is 0.267 e. The van der Waals surface area contributed by atoms with Crippen LogP contribution < -0.4 is 5.56 Å². The van der Waals surface area contributed by atoms with E-state index in [1.54, 1.807) is 24.3 Å². The van der Waals surface area contributed by atoms with Crippen LogP contribution in [-0.4, -0.2) is 18.7 Å². The van der Waals surface area contributed by atoms with Crippen LogP contribution in [0.25, 0.3) is 5.57 Å². The molecule has 0 unspecified atom stereocenters. The Hall–Kier alpha value is -1.85. The first-order valence-corrected chi connectivity index (χ1v) is 11.3. The molecule has 0 atom stereocenters. The van der Waals surface area contributed by atoms with Crippen LogP contribution in [0.2, 0.25) is 5.02 Å². The summed E-state index contributed by atoms with van der Waals surface area (Å²) in [5.41, 5.74) is 2.20. The average molecular weight is 404 g/mol. The number of H-pyrrole nitrogens is 1. The van der Waals surface area contributed by atoms with Gasteiger partial charge >= 0.3 is 0 Å². The van der Waals surface area contributed by atoms with Gasteiger partial charge in [0.05, 0.1) is 10.1 Å². The number of pyridine rings is 1. The minimum atomic E-state index is -3.20. The van der Waals surface area contributed by atoms with Gasteiger partial charge in [0.15, 0.2) is 9.84 Å². The van der Waals surface area contributed by atoms with Crippen LogP contribution in [0, 0.1) is 5.92 Å². The van der Waals surface area contributed by atoms with Crippen molar-refractivity contribution < 1.29 is 8.42 Å². The third kappa shape index (κ3) is 3.90. The predicted molar refractivity (Wildman–Crippen MR) is 108 cm³/mol. The van der Waals surface area contributed by atoms with Gasteiger partial charge in [0, 0.05) is 11.3 Å². The monoisotopic (exact) mass is 403 g/mol. The third-order valence-corrected chi connectivity index (χ3v) is 7.99. The number of hydrogen-bond acceptors (Lipinski definition) is 3. The van der Waals surface area contributed by atoms with E-state index in [9.17, 15) is 13.2 Å². The van der Waals surface area contributed by atoms with E-state index in [1.807, 2.05) is 12.1 Å². The molecule has 4 rings (SSSR count). The topological polar surface area (TPSA) is 67.0 Å². The lowest BCUT2D eigenvalue weighted by Gasteiger charge is -2.13. The zero-order valence-corrected chi connectivity index (χ0v) is 16.5. The van der Waals surface area contributed by atoms with E-state index >= 15 is 0 Å². The fourth-order valence-corrected chi connectivity index (χ4v) is 5.48. The zero-order chi connectivity index (χ0) is 19.0. The van der Waals surface area contributed by atoms with Crippen molar-refractivity contribution in [2.75, 3.05) is 0 Å². The summed E-state index contributed by atoms with van der Waals surface area (Å²) in [7, 11) is -3.20. The van der Waals surface area contributed by atoms with Crippen LogP contribution in [0.15, 0.2) is 52.2 Å². The van der Waals surface area contributed by atoms with E-state index in [0.29, 0.717) is 16.5 Å². The first kappa shape index (κ1) is 18.5. The lowest BCUT2D eigenvalue weighted by molar-refractivity contribution is 0.595. The molecule has 1 aromatic carbocycles. The molecular formula is C21H22ClNO3S. The highest BCUT2D eigenvalue weighted by Gasteiger charge is 2.36. The molecule has 142 valence electrons. The van der Waals surface area contributed by atoms with Crippen molar-refractivity contribution in [3.05, 3.63) is 69.1 Å². The van der Waals surface area contributed by atoms with Crippen LogP contribution in [0.3, 0.4) is 0 Å². The molecule has 2 aliphatic rings. The molecule has 0 bridgehead atoms. The largest absolute Gasteiger partial charge is 0.321 e. The lowest BCUT2D eigenvalue weighted by atomic mass is 9.96. The molecule has 1 N–H and O–H groups in total. The van der Waals surface area contributed by atoms with E-state index in [2.05, 4.69) is 11.1 Å². The molecule has 1 aromatic heterocycles. The molecule has 4 nitrogen and oxygen atoms in total. The van der Waals surface area contributed by atoms with Gasteiger partial charge in [-0.2, -0.15) is 0 Å². The van der Waals surface area contributed by atoms with Gasteiger partial charge in [0.2, 0.25) is 0 Å². The molecule has 0 radical (unpaired) electrons. The molecule has 0 spiro atoms. The van der Waals surface area contributed by atoms with Crippen molar-refractivity contribution in [1.82, 2.24) is 4.98 Å². The Balaban J connectivity index is 1.74. The molecular weight excluding hydrogens is 382 g/mol. The van der Waals surface area contributed by atoms with Crippen molar-refractivity contribution >= 4 is 27.0 Å². The second-order valence-electron chi connectivity index (χ2n) is 7.44. The average Bonchev–Trinajstić information content (AvgIpc) is 3.41. The highest BCUT2D eigenvalue weighted by Crippen LogP contribution is 2.35. The number of halogens is 1. The quantitative estimate of drug-likeness (QED) is 0.794. The van der Waals surface area contributed by atoms with Crippen LogP contribution in [0.1, 0.15) is 49.8 Å². The highest BCUT2D eigenvalue weighted by atomic mass is 35.5. The highest BCUT2D eigenvalue weighted by molar-refractivity contribution is 7.92. The van der Waals surface area contributed by atoms with Gasteiger partial charge in [-0.1, -0.05) is 42.7 Å². The number of benzene rings is 1. The summed E-state index contributed by atoms with van der Waals surface area (Å²) in [4.78, 5) is 15.2. The fourth-order valence-electron chi connectivity index (χ4n) is 3.71. The van der Waals surface area contributed by atoms with Crippen molar-refractivity contribution in [3.8, 4) is 0 Å². The molecule has 0 amide bonds. The van der Waals surface area contributed by atoms with Crippen LogP contribution in [-0.2, 0) is 9.84 Å². The number of aromatic nitrogens is 1. The summed E-state index contributed by atoms with van der Waals surface area (Å²) in [5.74, 6) is 0.467. The smallest absolute Gasteiger partial charge is 0.267 e. The van der Waals surface area contributed by atoms with Gasteiger partial charge in [0.1, 0.15) is 5.02 Å². The number of allylic oxidation sites excluding steroid dienone is 1. The summed E-state index contributed by atoms with van der Waals surface area (Å²) in [6.45, 7) is 0. The summed E-state index contributed by atoms with van der Waals surface area (Å²) < 4.78 is 24.9. The summed E-state index contributed by atoms with van der Waals surface area (Å²) >= 11 is 5.88.